The Labute approximate surface area is 468 Å². The summed E-state index contributed by atoms with van der Waals surface area (Å²) in [5, 5.41) is 21.4. The Morgan fingerprint density at radius 3 is 1.32 bits per heavy atom. The van der Waals surface area contributed by atoms with Crippen molar-refractivity contribution in [1.82, 2.24) is 0 Å². The Kier molecular flexibility index (Phi) is 32.6. The molecule has 366 valence electrons. The van der Waals surface area contributed by atoms with Crippen molar-refractivity contribution >= 4 is 90.8 Å². The van der Waals surface area contributed by atoms with Crippen molar-refractivity contribution < 1.29 is 177 Å². The van der Waals surface area contributed by atoms with E-state index in [-0.39, 0.29) is 116 Å². The van der Waals surface area contributed by atoms with Crippen molar-refractivity contribution in [3.63, 3.8) is 0 Å². The Balaban J connectivity index is -0.000000453. The van der Waals surface area contributed by atoms with E-state index in [1.165, 1.54) is 32.1 Å². The van der Waals surface area contributed by atoms with Gasteiger partial charge in [0.2, 0.25) is 0 Å². The Hall–Kier alpha value is 3.01. The minimum atomic E-state index is -5.79. The van der Waals surface area contributed by atoms with Crippen LogP contribution < -0.4 is 113 Å². The largest absolute Gasteiger partial charge is 1.00 e. The molecule has 0 aliphatic heterocycles. The van der Waals surface area contributed by atoms with E-state index in [1.54, 1.807) is 0 Å². The number of hydrogen-bond acceptors (Lipinski definition) is 11. The quantitative estimate of drug-likeness (QED) is 0.0606. The molecule has 3 atom stereocenters. The number of unbranched alkanes of at least 4 members (excludes halogenated alkanes) is 1. The molecule has 3 unspecified atom stereocenters. The van der Waals surface area contributed by atoms with Crippen molar-refractivity contribution in [3.05, 3.63) is 0 Å². The second-order valence-electron chi connectivity index (χ2n) is 19.7. The van der Waals surface area contributed by atoms with Gasteiger partial charge in [-0.15, -0.1) is 0 Å². The van der Waals surface area contributed by atoms with E-state index < -0.39 is 102 Å². The van der Waals surface area contributed by atoms with E-state index in [0.717, 1.165) is 5.92 Å². The second-order valence-corrected chi connectivity index (χ2v) is 52.2. The summed E-state index contributed by atoms with van der Waals surface area (Å²) in [5.41, 5.74) is -10.3. The minimum Gasteiger partial charge on any atom is -0.861 e. The van der Waals surface area contributed by atoms with Crippen LogP contribution in [0.3, 0.4) is 0 Å². The zero-order valence-corrected chi connectivity index (χ0v) is 56.4. The average molecular weight is 1130 g/mol. The van der Waals surface area contributed by atoms with Gasteiger partial charge in [0.1, 0.15) is 0 Å². The first-order valence-corrected chi connectivity index (χ1v) is 44.5. The average Bonchev–Trinajstić information content (AvgIpc) is 2.93. The fraction of sp³-hybridized carbons (Fsp3) is 0.939. The zero-order valence-electron chi connectivity index (χ0n) is 41.5. The van der Waals surface area contributed by atoms with Crippen LogP contribution in [-0.4, -0.2) is 98.6 Å². The molecule has 0 heterocycles. The molecule has 1 fully saturated rings. The standard InChI is InChI=1S/C15H36F3NO6SSi4.C15H36O2Si3.C3H4F3NO3S.2K/c1-27(2,3)23-29(7,8)25-30(9,24-28(4,5)6)13-11-10-12-14(20)19-26(21,22)15(16,17)18;1-9-14-12-10-11-13-15(14)20(8,16-18(2,3)4)17-19(5,6)7;1-2(8)7-11(9,10)3(4,5)6;;/h10-13H2,1-9H3,(H,19,20);14-15H,9-13H2,1-8H3;1H3,(H,7,8);;/q;;;2*+1/p-2. The van der Waals surface area contributed by atoms with Crippen molar-refractivity contribution in [2.75, 3.05) is 0 Å². The molecule has 1 rings (SSSR count). The summed E-state index contributed by atoms with van der Waals surface area (Å²) >= 11 is 0. The summed E-state index contributed by atoms with van der Waals surface area (Å²) in [4.78, 5) is 0. The van der Waals surface area contributed by atoms with Gasteiger partial charge < -0.3 is 30.8 Å². The summed E-state index contributed by atoms with van der Waals surface area (Å²) in [6, 6.07) is 0.516. The topological polar surface area (TPSA) is 185 Å². The van der Waals surface area contributed by atoms with Crippen LogP contribution in [0.25, 0.3) is 0 Å². The molecule has 1 aliphatic carbocycles. The molecular weight excluding hydrogens is 1050 g/mol. The van der Waals surface area contributed by atoms with Gasteiger partial charge in [0.05, 0.1) is 0 Å². The zero-order chi connectivity index (χ0) is 49.1. The number of rotatable bonds is 19. The number of halogens is 6. The fourth-order valence-corrected chi connectivity index (χ4v) is 39.4. The van der Waals surface area contributed by atoms with Gasteiger partial charge in [-0.05, 0) is 155 Å². The monoisotopic (exact) mass is 1130 g/mol. The van der Waals surface area contributed by atoms with Crippen LogP contribution in [0.15, 0.2) is 8.80 Å². The predicted molar refractivity (Wildman–Crippen MR) is 245 cm³/mol. The molecular formula is C33H74F6K2N2O11S2Si7. The molecule has 0 amide bonds. The normalized spacial score (nSPS) is 19.0. The van der Waals surface area contributed by atoms with Crippen molar-refractivity contribution in [3.8, 4) is 0 Å². The molecule has 0 aromatic carbocycles. The van der Waals surface area contributed by atoms with Gasteiger partial charge in [-0.1, -0.05) is 39.0 Å². The maximum Gasteiger partial charge on any atom is 1.00 e. The first kappa shape index (κ1) is 72.6. The SMILES string of the molecule is CC([O-])=NS(=O)(=O)C(F)(F)F.CCC1CCCCC1[Si](C)(O[Si](C)(C)C)O[Si](C)(C)C.C[Si](C)(C)O[Si](C)(C)O[Si](C)(CCCCC([O-])=NS(=O)(=O)C(F)(F)F)O[Si](C)(C)C.[K+].[K+]. The second kappa shape index (κ2) is 28.3. The number of alkyl halides is 6. The minimum absolute atomic E-state index is 0. The van der Waals surface area contributed by atoms with Gasteiger partial charge in [0.15, 0.2) is 33.3 Å². The number of sulfonamides is 2. The molecule has 13 nitrogen and oxygen atoms in total. The van der Waals surface area contributed by atoms with Gasteiger partial charge in [-0.2, -0.15) is 52.0 Å². The maximum absolute atomic E-state index is 12.3. The Morgan fingerprint density at radius 1 is 0.603 bits per heavy atom. The predicted octanol–water partition coefficient (Wildman–Crippen LogP) is 3.61. The maximum atomic E-state index is 12.3. The summed E-state index contributed by atoms with van der Waals surface area (Å²) < 4.78 is 150. The molecule has 63 heavy (non-hydrogen) atoms. The Morgan fingerprint density at radius 2 is 0.984 bits per heavy atom. The van der Waals surface area contributed by atoms with Crippen LogP contribution in [0.2, 0.25) is 116 Å². The summed E-state index contributed by atoms with van der Waals surface area (Å²) in [6.45, 7) is 37.5. The first-order valence-electron chi connectivity index (χ1n) is 20.2. The molecule has 0 bridgehead atoms. The van der Waals surface area contributed by atoms with Gasteiger partial charge in [0.25, 0.3) is 0 Å². The molecule has 0 N–H and O–H groups in total. The molecule has 1 saturated carbocycles. The Bertz CT molecular complexity index is 1640. The van der Waals surface area contributed by atoms with Gasteiger partial charge in [-0.25, -0.2) is 0 Å². The van der Waals surface area contributed by atoms with E-state index in [0.29, 0.717) is 24.9 Å². The third-order valence-corrected chi connectivity index (χ3v) is 33.9. The molecule has 0 radical (unpaired) electrons. The van der Waals surface area contributed by atoms with Crippen LogP contribution in [0, 0.1) is 5.92 Å². The molecule has 30 heteroatoms. The van der Waals surface area contributed by atoms with Crippen LogP contribution >= 0.6 is 0 Å². The van der Waals surface area contributed by atoms with Gasteiger partial charge in [-0.3, -0.25) is 0 Å². The van der Waals surface area contributed by atoms with Gasteiger partial charge in [0, 0.05) is 5.54 Å². The fourth-order valence-electron chi connectivity index (χ4n) is 7.00. The molecule has 0 saturated heterocycles. The smallest absolute Gasteiger partial charge is 0.861 e. The summed E-state index contributed by atoms with van der Waals surface area (Å²) in [5.74, 6) is -1.88. The number of hydrogen-bond donors (Lipinski definition) is 0. The molecule has 1 aliphatic rings. The van der Waals surface area contributed by atoms with Crippen molar-refractivity contribution in [2.45, 2.75) is 193 Å². The van der Waals surface area contributed by atoms with E-state index in [1.807, 2.05) is 43.7 Å². The van der Waals surface area contributed by atoms with E-state index >= 15 is 0 Å². The van der Waals surface area contributed by atoms with Gasteiger partial charge >= 0.3 is 160 Å². The van der Waals surface area contributed by atoms with Crippen LogP contribution in [0.5, 0.6) is 0 Å². The molecule has 0 aromatic heterocycles. The van der Waals surface area contributed by atoms with Crippen molar-refractivity contribution in [2.24, 2.45) is 14.7 Å². The van der Waals surface area contributed by atoms with E-state index in [9.17, 15) is 53.4 Å². The summed E-state index contributed by atoms with van der Waals surface area (Å²) in [6.07, 6.45) is 7.01. The third-order valence-electron chi connectivity index (χ3n) is 7.99. The van der Waals surface area contributed by atoms with Crippen molar-refractivity contribution in [1.29, 1.82) is 0 Å². The van der Waals surface area contributed by atoms with Crippen LogP contribution in [0.4, 0.5) is 26.3 Å². The first-order chi connectivity index (χ1) is 26.6. The van der Waals surface area contributed by atoms with E-state index in [4.69, 9.17) is 20.6 Å². The molecule has 0 spiro atoms. The van der Waals surface area contributed by atoms with Crippen LogP contribution in [0.1, 0.15) is 65.2 Å². The van der Waals surface area contributed by atoms with E-state index in [2.05, 4.69) is 76.8 Å². The number of nitrogens with zero attached hydrogens (tertiary/aromatic N) is 2. The third kappa shape index (κ3) is 33.3. The van der Waals surface area contributed by atoms with Crippen LogP contribution in [-0.2, 0) is 40.6 Å². The molecule has 0 aromatic rings. The summed E-state index contributed by atoms with van der Waals surface area (Å²) in [7, 11) is -25.6.